The number of halogens is 3. The third kappa shape index (κ3) is 2.48. The molecule has 0 atom stereocenters. The molecular weight excluding hydrogens is 159 g/mol. The van der Waals surface area contributed by atoms with Crippen molar-refractivity contribution in [2.24, 2.45) is 5.73 Å². The minimum absolute atomic E-state index is 0.444. The van der Waals surface area contributed by atoms with Crippen LogP contribution in [0.2, 0.25) is 0 Å². The van der Waals surface area contributed by atoms with E-state index >= 15 is 0 Å². The molecule has 0 unspecified atom stereocenters. The predicted molar refractivity (Wildman–Crippen MR) is 35.1 cm³/mol. The van der Waals surface area contributed by atoms with Gasteiger partial charge >= 0.3 is 6.18 Å². The molecule has 0 spiro atoms. The van der Waals surface area contributed by atoms with E-state index in [9.17, 15) is 13.2 Å². The average molecular weight is 167 g/mol. The summed E-state index contributed by atoms with van der Waals surface area (Å²) < 4.78 is 35.6. The smallest absolute Gasteiger partial charge is 0.396 e. The van der Waals surface area contributed by atoms with E-state index in [-0.39, 0.29) is 0 Å². The number of hydrogen-bond donors (Lipinski definition) is 3. The number of nitrogens with one attached hydrogen (secondary N) is 2. The van der Waals surface area contributed by atoms with E-state index in [1.165, 1.54) is 0 Å². The highest BCUT2D eigenvalue weighted by molar-refractivity contribution is 5.75. The fraction of sp³-hybridized carbons (Fsp3) is 0.400. The van der Waals surface area contributed by atoms with Gasteiger partial charge in [0.1, 0.15) is 5.70 Å². The standard InChI is InChI=1S/C5H8F3N3/c1-11-4(3(10)2-9)5(6,7)8/h2,9,11H,10H2,1H3/b4-3+,9-2?. The Labute approximate surface area is 61.6 Å². The number of allylic oxidation sites excluding steroid dienone is 2. The van der Waals surface area contributed by atoms with Crippen LogP contribution in [0, 0.1) is 5.41 Å². The topological polar surface area (TPSA) is 61.9 Å². The van der Waals surface area contributed by atoms with Crippen molar-refractivity contribution in [3.8, 4) is 0 Å². The SMILES string of the molecule is CN/C(=C(/N)C=N)C(F)(F)F. The van der Waals surface area contributed by atoms with E-state index in [2.05, 4.69) is 0 Å². The van der Waals surface area contributed by atoms with Crippen LogP contribution in [0.15, 0.2) is 11.4 Å². The van der Waals surface area contributed by atoms with Gasteiger partial charge in [-0.2, -0.15) is 13.2 Å². The molecule has 4 N–H and O–H groups in total. The Hall–Kier alpha value is -1.20. The maximum Gasteiger partial charge on any atom is 0.432 e. The molecule has 0 aliphatic heterocycles. The molecule has 0 bridgehead atoms. The van der Waals surface area contributed by atoms with Gasteiger partial charge in [0.05, 0.1) is 5.70 Å². The fourth-order valence-corrected chi connectivity index (χ4v) is 0.522. The highest BCUT2D eigenvalue weighted by Gasteiger charge is 2.34. The molecule has 0 amide bonds. The summed E-state index contributed by atoms with van der Waals surface area (Å²) in [6.45, 7) is 0. The zero-order valence-corrected chi connectivity index (χ0v) is 5.79. The molecule has 6 heteroatoms. The van der Waals surface area contributed by atoms with Gasteiger partial charge in [-0.3, -0.25) is 0 Å². The second-order valence-corrected chi connectivity index (χ2v) is 1.72. The summed E-state index contributed by atoms with van der Waals surface area (Å²) in [6, 6.07) is 0. The average Bonchev–Trinajstić information content (AvgIpc) is 1.86. The van der Waals surface area contributed by atoms with Gasteiger partial charge in [-0.25, -0.2) is 0 Å². The summed E-state index contributed by atoms with van der Waals surface area (Å²) in [6.07, 6.45) is -4.07. The van der Waals surface area contributed by atoms with Gasteiger partial charge in [-0.1, -0.05) is 0 Å². The van der Waals surface area contributed by atoms with E-state index in [1.807, 2.05) is 5.32 Å². The highest BCUT2D eigenvalue weighted by Crippen LogP contribution is 2.23. The van der Waals surface area contributed by atoms with Gasteiger partial charge in [0.15, 0.2) is 0 Å². The van der Waals surface area contributed by atoms with Crippen molar-refractivity contribution >= 4 is 6.21 Å². The summed E-state index contributed by atoms with van der Waals surface area (Å²) in [7, 11) is 1.10. The number of rotatable bonds is 2. The summed E-state index contributed by atoms with van der Waals surface area (Å²) in [5.41, 5.74) is 3.15. The Balaban J connectivity index is 4.80. The molecule has 64 valence electrons. The van der Waals surface area contributed by atoms with E-state index in [0.29, 0.717) is 6.21 Å². The Morgan fingerprint density at radius 3 is 2.09 bits per heavy atom. The van der Waals surface area contributed by atoms with Crippen molar-refractivity contribution in [2.75, 3.05) is 7.05 Å². The molecule has 0 fully saturated rings. The summed E-state index contributed by atoms with van der Waals surface area (Å²) >= 11 is 0. The van der Waals surface area contributed by atoms with Gasteiger partial charge in [0.25, 0.3) is 0 Å². The monoisotopic (exact) mass is 167 g/mol. The normalized spacial score (nSPS) is 13.8. The second kappa shape index (κ2) is 3.27. The lowest BCUT2D eigenvalue weighted by molar-refractivity contribution is -0.0965. The highest BCUT2D eigenvalue weighted by atomic mass is 19.4. The third-order valence-corrected chi connectivity index (χ3v) is 0.978. The maximum atomic E-state index is 11.9. The van der Waals surface area contributed by atoms with Crippen LogP contribution >= 0.6 is 0 Å². The predicted octanol–water partition coefficient (Wildman–Crippen LogP) is 0.588. The van der Waals surface area contributed by atoms with Gasteiger partial charge in [-0.05, 0) is 0 Å². The van der Waals surface area contributed by atoms with E-state index in [1.54, 1.807) is 0 Å². The summed E-state index contributed by atoms with van der Waals surface area (Å²) in [5.74, 6) is 0. The number of alkyl halides is 3. The first-order valence-electron chi connectivity index (χ1n) is 2.68. The lowest BCUT2D eigenvalue weighted by Crippen LogP contribution is -2.27. The number of hydrogen-bond acceptors (Lipinski definition) is 3. The molecule has 3 nitrogen and oxygen atoms in total. The van der Waals surface area contributed by atoms with Crippen molar-refractivity contribution in [1.29, 1.82) is 5.41 Å². The molecule has 11 heavy (non-hydrogen) atoms. The molecular formula is C5H8F3N3. The molecule has 0 heterocycles. The van der Waals surface area contributed by atoms with Crippen LogP contribution in [0.3, 0.4) is 0 Å². The Morgan fingerprint density at radius 1 is 1.55 bits per heavy atom. The third-order valence-electron chi connectivity index (χ3n) is 0.978. The van der Waals surface area contributed by atoms with E-state index in [0.717, 1.165) is 7.05 Å². The van der Waals surface area contributed by atoms with Crippen LogP contribution < -0.4 is 11.1 Å². The van der Waals surface area contributed by atoms with Gasteiger partial charge in [-0.15, -0.1) is 0 Å². The van der Waals surface area contributed by atoms with Crippen molar-refractivity contribution in [3.05, 3.63) is 11.4 Å². The molecule has 0 aromatic rings. The van der Waals surface area contributed by atoms with Crippen LogP contribution in [0.25, 0.3) is 0 Å². The zero-order chi connectivity index (χ0) is 9.07. The maximum absolute atomic E-state index is 11.9. The largest absolute Gasteiger partial charge is 0.432 e. The first kappa shape index (κ1) is 9.80. The summed E-state index contributed by atoms with van der Waals surface area (Å²) in [5, 5.41) is 8.35. The van der Waals surface area contributed by atoms with Gasteiger partial charge < -0.3 is 16.5 Å². The lowest BCUT2D eigenvalue weighted by Gasteiger charge is -2.11. The Bertz CT molecular complexity index is 182. The molecule has 0 saturated carbocycles. The molecule has 0 rings (SSSR count). The Kier molecular flexibility index (Phi) is 2.91. The molecule has 0 aliphatic carbocycles. The van der Waals surface area contributed by atoms with Crippen molar-refractivity contribution < 1.29 is 13.2 Å². The molecule has 0 aliphatic rings. The van der Waals surface area contributed by atoms with Crippen LogP contribution in [-0.2, 0) is 0 Å². The van der Waals surface area contributed by atoms with Gasteiger partial charge in [0, 0.05) is 13.3 Å². The van der Waals surface area contributed by atoms with Crippen molar-refractivity contribution in [2.45, 2.75) is 6.18 Å². The fourth-order valence-electron chi connectivity index (χ4n) is 0.522. The quantitative estimate of drug-likeness (QED) is 0.527. The van der Waals surface area contributed by atoms with Crippen LogP contribution in [0.4, 0.5) is 13.2 Å². The molecule has 0 aromatic carbocycles. The van der Waals surface area contributed by atoms with Crippen LogP contribution in [0.1, 0.15) is 0 Å². The first-order valence-corrected chi connectivity index (χ1v) is 2.68. The van der Waals surface area contributed by atoms with Gasteiger partial charge in [0.2, 0.25) is 0 Å². The first-order chi connectivity index (χ1) is 4.93. The zero-order valence-electron chi connectivity index (χ0n) is 5.79. The van der Waals surface area contributed by atoms with Crippen molar-refractivity contribution in [1.82, 2.24) is 5.32 Å². The van der Waals surface area contributed by atoms with Crippen LogP contribution in [0.5, 0.6) is 0 Å². The molecule has 0 saturated heterocycles. The summed E-state index contributed by atoms with van der Waals surface area (Å²) in [4.78, 5) is 0. The molecule has 0 aromatic heterocycles. The minimum Gasteiger partial charge on any atom is -0.396 e. The molecule has 0 radical (unpaired) electrons. The minimum atomic E-state index is -4.52. The van der Waals surface area contributed by atoms with E-state index < -0.39 is 17.6 Å². The Morgan fingerprint density at radius 2 is 2.00 bits per heavy atom. The number of nitrogens with two attached hydrogens (primary N) is 1. The van der Waals surface area contributed by atoms with Crippen LogP contribution in [-0.4, -0.2) is 19.4 Å². The lowest BCUT2D eigenvalue weighted by atomic mass is 10.3. The second-order valence-electron chi connectivity index (χ2n) is 1.72. The van der Waals surface area contributed by atoms with Crippen molar-refractivity contribution in [3.63, 3.8) is 0 Å². The van der Waals surface area contributed by atoms with E-state index in [4.69, 9.17) is 11.1 Å².